The summed E-state index contributed by atoms with van der Waals surface area (Å²) in [5.74, 6) is -1.29. The molecule has 0 unspecified atom stereocenters. The molecule has 7 heteroatoms. The number of thioether (sulfide) groups is 1. The molecule has 0 aromatic rings. The SMILES string of the molecule is CC[C@H](C)[C@H](NC(=O)[C@@H]1CSC(=O)N1)C(=O)O. The summed E-state index contributed by atoms with van der Waals surface area (Å²) in [5, 5.41) is 13.7. The van der Waals surface area contributed by atoms with Crippen LogP contribution in [0.25, 0.3) is 0 Å². The van der Waals surface area contributed by atoms with Crippen molar-refractivity contribution in [1.82, 2.24) is 10.6 Å². The molecule has 1 fully saturated rings. The molecule has 0 bridgehead atoms. The molecule has 96 valence electrons. The molecule has 0 saturated carbocycles. The van der Waals surface area contributed by atoms with E-state index in [-0.39, 0.29) is 11.2 Å². The Morgan fingerprint density at radius 3 is 2.71 bits per heavy atom. The molecule has 0 aromatic carbocycles. The predicted octanol–water partition coefficient (Wildman–Crippen LogP) is 0.427. The molecule has 3 atom stereocenters. The van der Waals surface area contributed by atoms with E-state index >= 15 is 0 Å². The fourth-order valence-corrected chi connectivity index (χ4v) is 2.24. The highest BCUT2D eigenvalue weighted by molar-refractivity contribution is 8.14. The van der Waals surface area contributed by atoms with E-state index in [1.54, 1.807) is 6.92 Å². The molecule has 1 aliphatic heterocycles. The van der Waals surface area contributed by atoms with Crippen LogP contribution < -0.4 is 10.6 Å². The van der Waals surface area contributed by atoms with Crippen LogP contribution >= 0.6 is 11.8 Å². The normalized spacial score (nSPS) is 22.7. The smallest absolute Gasteiger partial charge is 0.326 e. The molecule has 1 saturated heterocycles. The lowest BCUT2D eigenvalue weighted by Gasteiger charge is -2.21. The lowest BCUT2D eigenvalue weighted by Crippen LogP contribution is -2.51. The van der Waals surface area contributed by atoms with Crippen LogP contribution in [0.1, 0.15) is 20.3 Å². The van der Waals surface area contributed by atoms with E-state index < -0.39 is 24.0 Å². The summed E-state index contributed by atoms with van der Waals surface area (Å²) in [5.41, 5.74) is 0. The minimum Gasteiger partial charge on any atom is -0.480 e. The van der Waals surface area contributed by atoms with Gasteiger partial charge in [0.2, 0.25) is 5.91 Å². The highest BCUT2D eigenvalue weighted by atomic mass is 32.2. The molecule has 1 aliphatic rings. The summed E-state index contributed by atoms with van der Waals surface area (Å²) in [7, 11) is 0. The number of hydrogen-bond donors (Lipinski definition) is 3. The number of nitrogens with one attached hydrogen (secondary N) is 2. The number of carboxylic acids is 1. The Kier molecular flexibility index (Phi) is 4.80. The van der Waals surface area contributed by atoms with Crippen molar-refractivity contribution >= 4 is 28.9 Å². The Morgan fingerprint density at radius 1 is 1.65 bits per heavy atom. The molecular weight excluding hydrogens is 244 g/mol. The van der Waals surface area contributed by atoms with Gasteiger partial charge in [-0.2, -0.15) is 0 Å². The monoisotopic (exact) mass is 260 g/mol. The van der Waals surface area contributed by atoms with Crippen LogP contribution in [-0.2, 0) is 9.59 Å². The number of carbonyl (C=O) groups is 3. The van der Waals surface area contributed by atoms with Gasteiger partial charge < -0.3 is 15.7 Å². The van der Waals surface area contributed by atoms with Gasteiger partial charge in [-0.3, -0.25) is 9.59 Å². The Hall–Kier alpha value is -1.24. The molecule has 6 nitrogen and oxygen atoms in total. The number of carboxylic acid groups (broad SMARTS) is 1. The predicted molar refractivity (Wildman–Crippen MR) is 63.8 cm³/mol. The van der Waals surface area contributed by atoms with Gasteiger partial charge in [-0.05, 0) is 5.92 Å². The highest BCUT2D eigenvalue weighted by Gasteiger charge is 2.32. The van der Waals surface area contributed by atoms with E-state index in [0.29, 0.717) is 12.2 Å². The van der Waals surface area contributed by atoms with Crippen molar-refractivity contribution < 1.29 is 19.5 Å². The van der Waals surface area contributed by atoms with Crippen LogP contribution in [0.2, 0.25) is 0 Å². The standard InChI is InChI=1S/C10H16N2O4S/c1-3-5(2)7(9(14)15)12-8(13)6-4-17-10(16)11-6/h5-7H,3-4H2,1-2H3,(H,11,16)(H,12,13)(H,14,15)/t5-,6-,7-/m0/s1. The number of hydrogen-bond acceptors (Lipinski definition) is 4. The molecular formula is C10H16N2O4S. The summed E-state index contributed by atoms with van der Waals surface area (Å²) >= 11 is 1.03. The third kappa shape index (κ3) is 3.62. The second-order valence-electron chi connectivity index (χ2n) is 4.01. The van der Waals surface area contributed by atoms with E-state index in [4.69, 9.17) is 5.11 Å². The van der Waals surface area contributed by atoms with Gasteiger partial charge >= 0.3 is 5.97 Å². The second-order valence-corrected chi connectivity index (χ2v) is 5.00. The van der Waals surface area contributed by atoms with E-state index in [1.165, 1.54) is 0 Å². The second kappa shape index (κ2) is 5.90. The van der Waals surface area contributed by atoms with Crippen molar-refractivity contribution in [2.45, 2.75) is 32.4 Å². The minimum absolute atomic E-state index is 0.152. The fraction of sp³-hybridized carbons (Fsp3) is 0.700. The summed E-state index contributed by atoms with van der Waals surface area (Å²) in [6, 6.07) is -1.53. The maximum absolute atomic E-state index is 11.7. The van der Waals surface area contributed by atoms with E-state index in [9.17, 15) is 14.4 Å². The van der Waals surface area contributed by atoms with Gasteiger partial charge in [0.1, 0.15) is 12.1 Å². The average molecular weight is 260 g/mol. The first-order chi connectivity index (χ1) is 7.95. The number of aliphatic carboxylic acids is 1. The zero-order valence-corrected chi connectivity index (χ0v) is 10.5. The molecule has 2 amide bonds. The lowest BCUT2D eigenvalue weighted by molar-refractivity contribution is -0.143. The van der Waals surface area contributed by atoms with Crippen molar-refractivity contribution in [3.8, 4) is 0 Å². The molecule has 0 spiro atoms. The van der Waals surface area contributed by atoms with Crippen molar-refractivity contribution in [2.24, 2.45) is 5.92 Å². The Morgan fingerprint density at radius 2 is 2.29 bits per heavy atom. The maximum atomic E-state index is 11.7. The van der Waals surface area contributed by atoms with Crippen LogP contribution in [0, 0.1) is 5.92 Å². The minimum atomic E-state index is -1.05. The third-order valence-electron chi connectivity index (χ3n) is 2.77. The van der Waals surface area contributed by atoms with Gasteiger partial charge in [-0.15, -0.1) is 0 Å². The van der Waals surface area contributed by atoms with E-state index in [2.05, 4.69) is 10.6 Å². The van der Waals surface area contributed by atoms with Crippen LogP contribution in [0.3, 0.4) is 0 Å². The van der Waals surface area contributed by atoms with E-state index in [1.807, 2.05) is 6.92 Å². The van der Waals surface area contributed by atoms with Gasteiger partial charge in [0.15, 0.2) is 0 Å². The molecule has 1 rings (SSSR count). The zero-order chi connectivity index (χ0) is 13.0. The third-order valence-corrected chi connectivity index (χ3v) is 3.65. The lowest BCUT2D eigenvalue weighted by atomic mass is 9.99. The van der Waals surface area contributed by atoms with Gasteiger partial charge in [-0.25, -0.2) is 4.79 Å². The maximum Gasteiger partial charge on any atom is 0.326 e. The largest absolute Gasteiger partial charge is 0.480 e. The van der Waals surface area contributed by atoms with Crippen molar-refractivity contribution in [3.63, 3.8) is 0 Å². The van der Waals surface area contributed by atoms with Gasteiger partial charge in [0, 0.05) is 5.75 Å². The van der Waals surface area contributed by atoms with Crippen molar-refractivity contribution in [2.75, 3.05) is 5.75 Å². The first-order valence-corrected chi connectivity index (χ1v) is 6.40. The fourth-order valence-electron chi connectivity index (χ4n) is 1.46. The zero-order valence-electron chi connectivity index (χ0n) is 9.73. The summed E-state index contributed by atoms with van der Waals surface area (Å²) in [6.45, 7) is 3.63. The van der Waals surface area contributed by atoms with Crippen molar-refractivity contribution in [3.05, 3.63) is 0 Å². The van der Waals surface area contributed by atoms with Crippen molar-refractivity contribution in [1.29, 1.82) is 0 Å². The molecule has 3 N–H and O–H groups in total. The molecule has 0 aromatic heterocycles. The molecule has 0 radical (unpaired) electrons. The van der Waals surface area contributed by atoms with Crippen LogP contribution in [-0.4, -0.2) is 40.1 Å². The quantitative estimate of drug-likeness (QED) is 0.666. The van der Waals surface area contributed by atoms with E-state index in [0.717, 1.165) is 11.8 Å². The number of amides is 2. The Balaban J connectivity index is 2.58. The topological polar surface area (TPSA) is 95.5 Å². The van der Waals surface area contributed by atoms with Gasteiger partial charge in [-0.1, -0.05) is 32.0 Å². The summed E-state index contributed by atoms with van der Waals surface area (Å²) < 4.78 is 0. The first-order valence-electron chi connectivity index (χ1n) is 5.42. The average Bonchev–Trinajstić information content (AvgIpc) is 2.71. The Labute approximate surface area is 104 Å². The number of carbonyl (C=O) groups excluding carboxylic acids is 2. The molecule has 0 aliphatic carbocycles. The van der Waals surface area contributed by atoms with Crippen LogP contribution in [0.4, 0.5) is 4.79 Å². The molecule has 17 heavy (non-hydrogen) atoms. The van der Waals surface area contributed by atoms with Gasteiger partial charge in [0.05, 0.1) is 0 Å². The first kappa shape index (κ1) is 13.8. The summed E-state index contributed by atoms with van der Waals surface area (Å²) in [4.78, 5) is 33.7. The number of rotatable bonds is 5. The van der Waals surface area contributed by atoms with Crippen LogP contribution in [0.15, 0.2) is 0 Å². The summed E-state index contributed by atoms with van der Waals surface area (Å²) in [6.07, 6.45) is 0.656. The van der Waals surface area contributed by atoms with Gasteiger partial charge in [0.25, 0.3) is 5.24 Å². The highest BCUT2D eigenvalue weighted by Crippen LogP contribution is 2.14. The molecule has 1 heterocycles. The Bertz CT molecular complexity index is 334. The van der Waals surface area contributed by atoms with Crippen LogP contribution in [0.5, 0.6) is 0 Å².